The van der Waals surface area contributed by atoms with Crippen LogP contribution in [0.1, 0.15) is 11.9 Å². The fourth-order valence-electron chi connectivity index (χ4n) is 2.19. The van der Waals surface area contributed by atoms with E-state index in [0.29, 0.717) is 13.2 Å². The van der Waals surface area contributed by atoms with Gasteiger partial charge in [-0.25, -0.2) is 0 Å². The minimum atomic E-state index is -0.211. The van der Waals surface area contributed by atoms with Crippen molar-refractivity contribution in [3.8, 4) is 0 Å². The van der Waals surface area contributed by atoms with Crippen molar-refractivity contribution in [2.45, 2.75) is 6.29 Å². The highest BCUT2D eigenvalue weighted by Gasteiger charge is 2.17. The Morgan fingerprint density at radius 1 is 0.900 bits per heavy atom. The first kappa shape index (κ1) is 13.0. The topological polar surface area (TPSA) is 42.5 Å². The molecule has 0 bridgehead atoms. The van der Waals surface area contributed by atoms with Crippen LogP contribution in [-0.4, -0.2) is 20.3 Å². The monoisotopic (exact) mass is 270 g/mol. The van der Waals surface area contributed by atoms with E-state index in [1.54, 1.807) is 0 Å². The van der Waals surface area contributed by atoms with Gasteiger partial charge in [-0.1, -0.05) is 18.2 Å². The Balaban J connectivity index is 1.71. The SMILES string of the molecule is CNc1cccc(Nc2ccc(C3OCCO3)cc2)c1. The van der Waals surface area contributed by atoms with Crippen molar-refractivity contribution >= 4 is 17.1 Å². The number of ether oxygens (including phenoxy) is 2. The second-order valence-electron chi connectivity index (χ2n) is 4.65. The van der Waals surface area contributed by atoms with Gasteiger partial charge in [-0.15, -0.1) is 0 Å². The molecule has 0 atom stereocenters. The van der Waals surface area contributed by atoms with Crippen molar-refractivity contribution in [2.75, 3.05) is 30.9 Å². The van der Waals surface area contributed by atoms with Crippen molar-refractivity contribution in [3.63, 3.8) is 0 Å². The van der Waals surface area contributed by atoms with E-state index in [2.05, 4.69) is 16.7 Å². The molecule has 4 nitrogen and oxygen atoms in total. The van der Waals surface area contributed by atoms with Gasteiger partial charge in [-0.3, -0.25) is 0 Å². The molecule has 4 heteroatoms. The molecule has 2 N–H and O–H groups in total. The predicted molar refractivity (Wildman–Crippen MR) is 80.4 cm³/mol. The molecule has 1 aliphatic rings. The summed E-state index contributed by atoms with van der Waals surface area (Å²) in [5, 5.41) is 6.50. The second-order valence-corrected chi connectivity index (χ2v) is 4.65. The van der Waals surface area contributed by atoms with Crippen LogP contribution in [0.3, 0.4) is 0 Å². The largest absolute Gasteiger partial charge is 0.388 e. The van der Waals surface area contributed by atoms with E-state index >= 15 is 0 Å². The zero-order valence-corrected chi connectivity index (χ0v) is 11.4. The minimum Gasteiger partial charge on any atom is -0.388 e. The van der Waals surface area contributed by atoms with Crippen molar-refractivity contribution in [3.05, 3.63) is 54.1 Å². The highest BCUT2D eigenvalue weighted by atomic mass is 16.7. The van der Waals surface area contributed by atoms with Crippen molar-refractivity contribution in [1.82, 2.24) is 0 Å². The molecule has 1 fully saturated rings. The Hall–Kier alpha value is -2.04. The first-order valence-corrected chi connectivity index (χ1v) is 6.73. The van der Waals surface area contributed by atoms with Gasteiger partial charge in [0, 0.05) is 29.7 Å². The summed E-state index contributed by atoms with van der Waals surface area (Å²) in [6.07, 6.45) is -0.211. The molecule has 0 aliphatic carbocycles. The number of hydrogen-bond donors (Lipinski definition) is 2. The summed E-state index contributed by atoms with van der Waals surface area (Å²) in [6.45, 7) is 1.34. The molecule has 1 saturated heterocycles. The van der Waals surface area contributed by atoms with Gasteiger partial charge >= 0.3 is 0 Å². The van der Waals surface area contributed by atoms with Crippen LogP contribution in [-0.2, 0) is 9.47 Å². The van der Waals surface area contributed by atoms with Gasteiger partial charge in [0.05, 0.1) is 13.2 Å². The fourth-order valence-corrected chi connectivity index (χ4v) is 2.19. The third-order valence-corrected chi connectivity index (χ3v) is 3.24. The smallest absolute Gasteiger partial charge is 0.184 e. The Labute approximate surface area is 118 Å². The van der Waals surface area contributed by atoms with E-state index in [9.17, 15) is 0 Å². The van der Waals surface area contributed by atoms with Gasteiger partial charge in [-0.05, 0) is 30.3 Å². The molecular weight excluding hydrogens is 252 g/mol. The van der Waals surface area contributed by atoms with Crippen LogP contribution in [0.2, 0.25) is 0 Å². The number of anilines is 3. The minimum absolute atomic E-state index is 0.211. The van der Waals surface area contributed by atoms with Gasteiger partial charge in [0.2, 0.25) is 0 Å². The maximum atomic E-state index is 5.48. The summed E-state index contributed by atoms with van der Waals surface area (Å²) < 4.78 is 11.0. The van der Waals surface area contributed by atoms with Crippen LogP contribution >= 0.6 is 0 Å². The Bertz CT molecular complexity index is 563. The summed E-state index contributed by atoms with van der Waals surface area (Å²) in [5.41, 5.74) is 4.23. The molecule has 0 radical (unpaired) electrons. The molecule has 3 rings (SSSR count). The number of hydrogen-bond acceptors (Lipinski definition) is 4. The predicted octanol–water partition coefficient (Wildman–Crippen LogP) is 3.52. The number of benzene rings is 2. The van der Waals surface area contributed by atoms with E-state index in [-0.39, 0.29) is 6.29 Å². The average molecular weight is 270 g/mol. The molecule has 0 unspecified atom stereocenters. The average Bonchev–Trinajstić information content (AvgIpc) is 3.02. The zero-order chi connectivity index (χ0) is 13.8. The molecule has 0 aromatic heterocycles. The van der Waals surface area contributed by atoms with Crippen LogP contribution in [0.4, 0.5) is 17.1 Å². The van der Waals surface area contributed by atoms with Crippen molar-refractivity contribution < 1.29 is 9.47 Å². The third kappa shape index (κ3) is 2.92. The van der Waals surface area contributed by atoms with Gasteiger partial charge in [0.1, 0.15) is 0 Å². The lowest BCUT2D eigenvalue weighted by Gasteiger charge is -2.11. The van der Waals surface area contributed by atoms with E-state index in [0.717, 1.165) is 22.6 Å². The van der Waals surface area contributed by atoms with Crippen LogP contribution in [0.5, 0.6) is 0 Å². The van der Waals surface area contributed by atoms with E-state index in [1.165, 1.54) is 0 Å². The van der Waals surface area contributed by atoms with E-state index in [4.69, 9.17) is 9.47 Å². The highest BCUT2D eigenvalue weighted by Crippen LogP contribution is 2.26. The quantitative estimate of drug-likeness (QED) is 0.892. The molecule has 0 amide bonds. The standard InChI is InChI=1S/C16H18N2O2/c1-17-14-3-2-4-15(11-14)18-13-7-5-12(6-8-13)16-19-9-10-20-16/h2-8,11,16-18H,9-10H2,1H3. The molecule has 1 heterocycles. The Morgan fingerprint density at radius 3 is 2.30 bits per heavy atom. The lowest BCUT2D eigenvalue weighted by Crippen LogP contribution is -1.98. The first-order valence-electron chi connectivity index (χ1n) is 6.73. The molecule has 2 aromatic carbocycles. The third-order valence-electron chi connectivity index (χ3n) is 3.24. The maximum Gasteiger partial charge on any atom is 0.184 e. The van der Waals surface area contributed by atoms with Gasteiger partial charge in [0.25, 0.3) is 0 Å². The highest BCUT2D eigenvalue weighted by molar-refractivity contribution is 5.64. The van der Waals surface area contributed by atoms with Crippen molar-refractivity contribution in [1.29, 1.82) is 0 Å². The van der Waals surface area contributed by atoms with Crippen LogP contribution in [0.25, 0.3) is 0 Å². The fraction of sp³-hybridized carbons (Fsp3) is 0.250. The maximum absolute atomic E-state index is 5.48. The molecule has 2 aromatic rings. The van der Waals surface area contributed by atoms with Crippen LogP contribution in [0, 0.1) is 0 Å². The van der Waals surface area contributed by atoms with Crippen molar-refractivity contribution in [2.24, 2.45) is 0 Å². The first-order chi connectivity index (χ1) is 9.85. The Kier molecular flexibility index (Phi) is 3.85. The lowest BCUT2D eigenvalue weighted by molar-refractivity contribution is -0.0441. The lowest BCUT2D eigenvalue weighted by atomic mass is 10.2. The number of rotatable bonds is 4. The second kappa shape index (κ2) is 5.94. The van der Waals surface area contributed by atoms with E-state index < -0.39 is 0 Å². The zero-order valence-electron chi connectivity index (χ0n) is 11.4. The van der Waals surface area contributed by atoms with Gasteiger partial charge in [-0.2, -0.15) is 0 Å². The molecule has 0 spiro atoms. The summed E-state index contributed by atoms with van der Waals surface area (Å²) in [5.74, 6) is 0. The molecule has 0 saturated carbocycles. The molecule has 104 valence electrons. The molecular formula is C16H18N2O2. The summed E-state index contributed by atoms with van der Waals surface area (Å²) in [7, 11) is 1.91. The summed E-state index contributed by atoms with van der Waals surface area (Å²) in [6, 6.07) is 16.3. The van der Waals surface area contributed by atoms with Gasteiger partial charge < -0.3 is 20.1 Å². The van der Waals surface area contributed by atoms with E-state index in [1.807, 2.05) is 49.5 Å². The van der Waals surface area contributed by atoms with Gasteiger partial charge in [0.15, 0.2) is 6.29 Å². The molecule has 1 aliphatic heterocycles. The Morgan fingerprint density at radius 2 is 1.60 bits per heavy atom. The summed E-state index contributed by atoms with van der Waals surface area (Å²) in [4.78, 5) is 0. The summed E-state index contributed by atoms with van der Waals surface area (Å²) >= 11 is 0. The van der Waals surface area contributed by atoms with Crippen LogP contribution in [0.15, 0.2) is 48.5 Å². The van der Waals surface area contributed by atoms with Crippen LogP contribution < -0.4 is 10.6 Å². The molecule has 20 heavy (non-hydrogen) atoms. The normalized spacial score (nSPS) is 15.2. The number of nitrogens with one attached hydrogen (secondary N) is 2.